The Bertz CT molecular complexity index is 400. The molecule has 4 heteroatoms. The maximum absolute atomic E-state index is 5.74. The molecule has 0 saturated heterocycles. The molecule has 0 fully saturated rings. The molecule has 0 aliphatic carbocycles. The zero-order valence-electron chi connectivity index (χ0n) is 10.4. The van der Waals surface area contributed by atoms with Gasteiger partial charge in [0.15, 0.2) is 5.96 Å². The Balaban J connectivity index is 2.08. The Morgan fingerprint density at radius 3 is 2.71 bits per heavy atom. The minimum absolute atomic E-state index is 0.419. The summed E-state index contributed by atoms with van der Waals surface area (Å²) in [6.45, 7) is 4.38. The highest BCUT2D eigenvalue weighted by Crippen LogP contribution is 2.22. The average molecular weight is 233 g/mol. The lowest BCUT2D eigenvalue weighted by Crippen LogP contribution is -2.41. The molecule has 1 aromatic carbocycles. The number of likely N-dealkylation sites (N-methyl/N-ethyl adjacent to an activating group) is 1. The van der Waals surface area contributed by atoms with Crippen LogP contribution in [0.25, 0.3) is 0 Å². The van der Waals surface area contributed by atoms with E-state index in [-0.39, 0.29) is 0 Å². The van der Waals surface area contributed by atoms with Gasteiger partial charge in [-0.05, 0) is 24.6 Å². The van der Waals surface area contributed by atoms with E-state index in [2.05, 4.69) is 17.1 Å². The van der Waals surface area contributed by atoms with Crippen molar-refractivity contribution in [1.29, 1.82) is 0 Å². The highest BCUT2D eigenvalue weighted by atomic mass is 16.5. The number of aliphatic imine (C=N–C) groups is 1. The van der Waals surface area contributed by atoms with E-state index in [0.717, 1.165) is 18.8 Å². The van der Waals surface area contributed by atoms with Crippen molar-refractivity contribution in [3.63, 3.8) is 0 Å². The molecule has 0 radical (unpaired) electrons. The number of nitrogens with zero attached hydrogens (tertiary/aromatic N) is 2. The van der Waals surface area contributed by atoms with Gasteiger partial charge in [0.2, 0.25) is 0 Å². The van der Waals surface area contributed by atoms with E-state index in [9.17, 15) is 0 Å². The zero-order valence-corrected chi connectivity index (χ0v) is 10.4. The Morgan fingerprint density at radius 2 is 2.12 bits per heavy atom. The van der Waals surface area contributed by atoms with Crippen molar-refractivity contribution in [1.82, 2.24) is 4.90 Å². The molecule has 1 atom stereocenters. The molecule has 2 rings (SSSR count). The second-order valence-electron chi connectivity index (χ2n) is 4.28. The lowest BCUT2D eigenvalue weighted by molar-refractivity contribution is 0.340. The first-order chi connectivity index (χ1) is 8.20. The van der Waals surface area contributed by atoms with E-state index in [4.69, 9.17) is 10.5 Å². The number of benzene rings is 1. The molecular formula is C13H19N3O. The fourth-order valence-electron chi connectivity index (χ4n) is 2.02. The second-order valence-corrected chi connectivity index (χ2v) is 4.28. The molecule has 0 spiro atoms. The quantitative estimate of drug-likeness (QED) is 0.859. The van der Waals surface area contributed by atoms with Gasteiger partial charge in [0.05, 0.1) is 13.2 Å². The topological polar surface area (TPSA) is 50.9 Å². The molecule has 0 bridgehead atoms. The van der Waals surface area contributed by atoms with Gasteiger partial charge < -0.3 is 15.4 Å². The molecule has 1 aliphatic rings. The van der Waals surface area contributed by atoms with Gasteiger partial charge in [-0.1, -0.05) is 12.1 Å². The van der Waals surface area contributed by atoms with E-state index >= 15 is 0 Å². The minimum atomic E-state index is 0.419. The first-order valence-electron chi connectivity index (χ1n) is 5.94. The van der Waals surface area contributed by atoms with Crippen LogP contribution in [0, 0.1) is 0 Å². The fourth-order valence-corrected chi connectivity index (χ4v) is 2.02. The van der Waals surface area contributed by atoms with Crippen LogP contribution in [0.4, 0.5) is 0 Å². The second kappa shape index (κ2) is 5.08. The standard InChI is InChI=1S/C13H19N3O/c1-3-17-12-6-4-10(5-7-12)11-8-15-13(14)16(2)9-11/h4-7,11H,3,8-9H2,1-2H3,(H2,14,15). The molecule has 1 heterocycles. The molecule has 1 unspecified atom stereocenters. The average Bonchev–Trinajstić information content (AvgIpc) is 2.34. The zero-order chi connectivity index (χ0) is 12.3. The Labute approximate surface area is 102 Å². The van der Waals surface area contributed by atoms with Gasteiger partial charge in [-0.15, -0.1) is 0 Å². The largest absolute Gasteiger partial charge is 0.494 e. The van der Waals surface area contributed by atoms with Gasteiger partial charge in [0.25, 0.3) is 0 Å². The summed E-state index contributed by atoms with van der Waals surface area (Å²) in [7, 11) is 1.97. The van der Waals surface area contributed by atoms with E-state index in [1.54, 1.807) is 0 Å². The van der Waals surface area contributed by atoms with E-state index in [0.29, 0.717) is 18.5 Å². The molecule has 17 heavy (non-hydrogen) atoms. The molecule has 0 amide bonds. The van der Waals surface area contributed by atoms with Gasteiger partial charge in [-0.2, -0.15) is 0 Å². The van der Waals surface area contributed by atoms with Gasteiger partial charge in [-0.25, -0.2) is 0 Å². The summed E-state index contributed by atoms with van der Waals surface area (Å²) in [4.78, 5) is 6.31. The number of hydrogen-bond acceptors (Lipinski definition) is 4. The van der Waals surface area contributed by atoms with Crippen molar-refractivity contribution >= 4 is 5.96 Å². The molecular weight excluding hydrogens is 214 g/mol. The van der Waals surface area contributed by atoms with Crippen LogP contribution in [-0.2, 0) is 0 Å². The van der Waals surface area contributed by atoms with Crippen LogP contribution in [0.3, 0.4) is 0 Å². The van der Waals surface area contributed by atoms with Crippen LogP contribution in [0.15, 0.2) is 29.3 Å². The van der Waals surface area contributed by atoms with Crippen molar-refractivity contribution < 1.29 is 4.74 Å². The Morgan fingerprint density at radius 1 is 1.41 bits per heavy atom. The molecule has 1 aromatic rings. The van der Waals surface area contributed by atoms with Crippen LogP contribution >= 0.6 is 0 Å². The Hall–Kier alpha value is -1.71. The molecule has 1 aliphatic heterocycles. The van der Waals surface area contributed by atoms with E-state index < -0.39 is 0 Å². The smallest absolute Gasteiger partial charge is 0.191 e. The molecule has 92 valence electrons. The van der Waals surface area contributed by atoms with Crippen molar-refractivity contribution in [2.24, 2.45) is 10.7 Å². The Kier molecular flexibility index (Phi) is 3.52. The summed E-state index contributed by atoms with van der Waals surface area (Å²) in [6, 6.07) is 8.25. The number of ether oxygens (including phenoxy) is 1. The summed E-state index contributed by atoms with van der Waals surface area (Å²) in [6.07, 6.45) is 0. The van der Waals surface area contributed by atoms with Crippen molar-refractivity contribution in [2.75, 3.05) is 26.7 Å². The third kappa shape index (κ3) is 2.70. The van der Waals surface area contributed by atoms with Crippen molar-refractivity contribution in [3.8, 4) is 5.75 Å². The summed E-state index contributed by atoms with van der Waals surface area (Å²) in [5.74, 6) is 1.97. The summed E-state index contributed by atoms with van der Waals surface area (Å²) >= 11 is 0. The lowest BCUT2D eigenvalue weighted by Gasteiger charge is -2.29. The van der Waals surface area contributed by atoms with Gasteiger partial charge in [0.1, 0.15) is 5.75 Å². The third-order valence-electron chi connectivity index (χ3n) is 3.02. The monoisotopic (exact) mass is 233 g/mol. The van der Waals surface area contributed by atoms with Gasteiger partial charge >= 0.3 is 0 Å². The molecule has 0 saturated carbocycles. The van der Waals surface area contributed by atoms with Crippen LogP contribution in [0.2, 0.25) is 0 Å². The molecule has 0 aromatic heterocycles. The number of nitrogens with two attached hydrogens (primary N) is 1. The van der Waals surface area contributed by atoms with Crippen LogP contribution < -0.4 is 10.5 Å². The summed E-state index contributed by atoms with van der Waals surface area (Å²) < 4.78 is 5.43. The highest BCUT2D eigenvalue weighted by molar-refractivity contribution is 5.78. The van der Waals surface area contributed by atoms with Crippen LogP contribution in [0.1, 0.15) is 18.4 Å². The van der Waals surface area contributed by atoms with E-state index in [1.807, 2.05) is 31.0 Å². The summed E-state index contributed by atoms with van der Waals surface area (Å²) in [5, 5.41) is 0. The van der Waals surface area contributed by atoms with Crippen molar-refractivity contribution in [3.05, 3.63) is 29.8 Å². The maximum Gasteiger partial charge on any atom is 0.191 e. The first kappa shape index (κ1) is 11.8. The molecule has 4 nitrogen and oxygen atoms in total. The SMILES string of the molecule is CCOc1ccc(C2CN=C(N)N(C)C2)cc1. The van der Waals surface area contributed by atoms with Crippen molar-refractivity contribution in [2.45, 2.75) is 12.8 Å². The van der Waals surface area contributed by atoms with Crippen LogP contribution in [-0.4, -0.2) is 37.6 Å². The van der Waals surface area contributed by atoms with Crippen LogP contribution in [0.5, 0.6) is 5.75 Å². The highest BCUT2D eigenvalue weighted by Gasteiger charge is 2.19. The van der Waals surface area contributed by atoms with E-state index in [1.165, 1.54) is 5.56 Å². The van der Waals surface area contributed by atoms with Gasteiger partial charge in [0, 0.05) is 19.5 Å². The number of hydrogen-bond donors (Lipinski definition) is 1. The third-order valence-corrected chi connectivity index (χ3v) is 3.02. The lowest BCUT2D eigenvalue weighted by atomic mass is 9.98. The number of guanidine groups is 1. The first-order valence-corrected chi connectivity index (χ1v) is 5.94. The minimum Gasteiger partial charge on any atom is -0.494 e. The van der Waals surface area contributed by atoms with Gasteiger partial charge in [-0.3, -0.25) is 4.99 Å². The maximum atomic E-state index is 5.74. The normalized spacial score (nSPS) is 20.0. The number of rotatable bonds is 3. The summed E-state index contributed by atoms with van der Waals surface area (Å²) in [5.41, 5.74) is 7.03. The molecule has 2 N–H and O–H groups in total. The predicted octanol–water partition coefficient (Wildman–Crippen LogP) is 1.43. The fraction of sp³-hybridized carbons (Fsp3) is 0.462. The predicted molar refractivity (Wildman–Crippen MR) is 69.5 cm³/mol.